The van der Waals surface area contributed by atoms with Crippen LogP contribution in [0.25, 0.3) is 0 Å². The lowest BCUT2D eigenvalue weighted by atomic mass is 9.28. The Hall–Kier alpha value is -2.84. The molecule has 8 nitrogen and oxygen atoms in total. The van der Waals surface area contributed by atoms with Crippen molar-refractivity contribution in [3.8, 4) is 0 Å². The number of aliphatic hydroxyl groups is 1. The van der Waals surface area contributed by atoms with Gasteiger partial charge in [0.1, 0.15) is 6.10 Å². The maximum atomic E-state index is 15.1. The van der Waals surface area contributed by atoms with Crippen LogP contribution in [0.15, 0.2) is 41.5 Å². The van der Waals surface area contributed by atoms with Crippen molar-refractivity contribution < 1.29 is 34.1 Å². The molecule has 8 heteroatoms. The SMILES string of the molecule is CC(C)C1=C2C3CCC4(C)C5(C)CCC(OC(=O)CC(C)(C)C(=O)O)C(C)(C)C5CCC4(C)C3(C)CCC2(C(=O)CN(CCCCO)Cc2ccccc2)CC1=O. The van der Waals surface area contributed by atoms with Crippen molar-refractivity contribution in [1.29, 1.82) is 0 Å². The number of aliphatic carboxylic acids is 1. The standard InChI is InChI=1S/C49H73NO7/c1-32(2)40-35(52)28-49(37(53)31-50(26-14-15-27-51)30-33-16-12-11-13-17-33)25-24-45(7)34(41(40)49)18-22-48(10)46(8)21-20-38(57-39(54)29-43(3,4)42(55)56)44(5,6)36(46)19-23-47(45,48)9/h11-13,16-17,32,34,36,38,51H,14-15,18-31H2,1-10H3,(H,55,56). The van der Waals surface area contributed by atoms with E-state index >= 15 is 4.79 Å². The average Bonchev–Trinajstić information content (AvgIpc) is 3.44. The van der Waals surface area contributed by atoms with E-state index in [4.69, 9.17) is 4.74 Å². The fourth-order valence-corrected chi connectivity index (χ4v) is 14.1. The number of ether oxygens (including phenoxy) is 1. The molecule has 0 spiro atoms. The molecule has 0 saturated heterocycles. The number of fused-ring (bicyclic) bond motifs is 7. The first-order valence-corrected chi connectivity index (χ1v) is 22.2. The number of nitrogens with zero attached hydrogens (tertiary/aromatic N) is 1. The van der Waals surface area contributed by atoms with Crippen LogP contribution in [0.4, 0.5) is 0 Å². The van der Waals surface area contributed by atoms with Gasteiger partial charge in [-0.25, -0.2) is 0 Å². The number of aliphatic hydroxyl groups excluding tert-OH is 1. The molecule has 4 saturated carbocycles. The molecule has 0 bridgehead atoms. The lowest BCUT2D eigenvalue weighted by Crippen LogP contribution is -2.70. The molecule has 1 aromatic carbocycles. The molecule has 4 fully saturated rings. The molecule has 1 aromatic rings. The molecule has 0 aliphatic heterocycles. The van der Waals surface area contributed by atoms with Crippen molar-refractivity contribution in [3.05, 3.63) is 47.0 Å². The van der Waals surface area contributed by atoms with Crippen molar-refractivity contribution >= 4 is 23.5 Å². The van der Waals surface area contributed by atoms with Crippen LogP contribution in [0.2, 0.25) is 0 Å². The zero-order valence-electron chi connectivity index (χ0n) is 36.9. The van der Waals surface area contributed by atoms with Gasteiger partial charge in [-0.05, 0) is 141 Å². The second kappa shape index (κ2) is 15.3. The highest BCUT2D eigenvalue weighted by Gasteiger charge is 2.75. The van der Waals surface area contributed by atoms with Crippen LogP contribution < -0.4 is 0 Å². The summed E-state index contributed by atoms with van der Waals surface area (Å²) in [7, 11) is 0. The number of esters is 1. The van der Waals surface area contributed by atoms with Gasteiger partial charge in [0.05, 0.1) is 23.8 Å². The van der Waals surface area contributed by atoms with Gasteiger partial charge < -0.3 is 14.9 Å². The summed E-state index contributed by atoms with van der Waals surface area (Å²) in [5.41, 5.74) is 0.800. The van der Waals surface area contributed by atoms with E-state index < -0.39 is 22.8 Å². The Morgan fingerprint density at radius 3 is 2.16 bits per heavy atom. The fraction of sp³-hybridized carbons (Fsp3) is 0.755. The second-order valence-corrected chi connectivity index (χ2v) is 21.6. The number of carbonyl (C=O) groups excluding carboxylic acids is 3. The minimum atomic E-state index is -1.18. The molecule has 8 unspecified atom stereocenters. The number of carboxylic acids is 1. The van der Waals surface area contributed by atoms with Crippen LogP contribution in [0, 0.1) is 55.7 Å². The minimum Gasteiger partial charge on any atom is -0.481 e. The van der Waals surface area contributed by atoms with Crippen molar-refractivity contribution in [3.63, 3.8) is 0 Å². The molecule has 0 aromatic heterocycles. The number of hydrogen-bond donors (Lipinski definition) is 2. The van der Waals surface area contributed by atoms with E-state index in [-0.39, 0.29) is 69.6 Å². The first kappa shape index (κ1) is 43.7. The first-order valence-electron chi connectivity index (χ1n) is 22.2. The molecule has 5 aliphatic rings. The van der Waals surface area contributed by atoms with E-state index in [0.29, 0.717) is 38.3 Å². The molecule has 0 heterocycles. The number of rotatable bonds is 14. The van der Waals surface area contributed by atoms with Gasteiger partial charge in [0.25, 0.3) is 0 Å². The Labute approximate surface area is 343 Å². The quantitative estimate of drug-likeness (QED) is 0.141. The van der Waals surface area contributed by atoms with Gasteiger partial charge in [-0.1, -0.05) is 85.7 Å². The third-order valence-corrected chi connectivity index (χ3v) is 17.8. The lowest BCUT2D eigenvalue weighted by molar-refractivity contribution is -0.277. The Bertz CT molecular complexity index is 1760. The summed E-state index contributed by atoms with van der Waals surface area (Å²) in [6.07, 6.45) is 8.66. The number of carboxylic acid groups (broad SMARTS) is 1. The monoisotopic (exact) mass is 788 g/mol. The van der Waals surface area contributed by atoms with Gasteiger partial charge in [0.2, 0.25) is 0 Å². The summed E-state index contributed by atoms with van der Waals surface area (Å²) in [6, 6.07) is 10.3. The largest absolute Gasteiger partial charge is 0.481 e. The van der Waals surface area contributed by atoms with Crippen molar-refractivity contribution in [2.75, 3.05) is 19.7 Å². The third-order valence-electron chi connectivity index (χ3n) is 17.8. The number of ketones is 2. The summed E-state index contributed by atoms with van der Waals surface area (Å²) in [4.78, 5) is 56.7. The minimum absolute atomic E-state index is 0.0294. The highest BCUT2D eigenvalue weighted by atomic mass is 16.5. The number of unbranched alkanes of at least 4 members (excludes halogenated alkanes) is 1. The summed E-state index contributed by atoms with van der Waals surface area (Å²) in [6.45, 7) is 23.9. The molecule has 316 valence electrons. The van der Waals surface area contributed by atoms with E-state index in [9.17, 15) is 24.6 Å². The Morgan fingerprint density at radius 1 is 0.877 bits per heavy atom. The van der Waals surface area contributed by atoms with E-state index in [1.807, 2.05) is 18.2 Å². The molecule has 57 heavy (non-hydrogen) atoms. The van der Waals surface area contributed by atoms with Gasteiger partial charge >= 0.3 is 11.9 Å². The zero-order chi connectivity index (χ0) is 42.0. The van der Waals surface area contributed by atoms with Crippen molar-refractivity contribution in [2.24, 2.45) is 55.7 Å². The fourth-order valence-electron chi connectivity index (χ4n) is 14.1. The molecular formula is C49H73NO7. The van der Waals surface area contributed by atoms with Crippen molar-refractivity contribution in [2.45, 2.75) is 159 Å². The maximum Gasteiger partial charge on any atom is 0.309 e. The predicted octanol–water partition coefficient (Wildman–Crippen LogP) is 9.61. The van der Waals surface area contributed by atoms with Crippen LogP contribution >= 0.6 is 0 Å². The molecule has 5 aliphatic carbocycles. The van der Waals surface area contributed by atoms with Gasteiger partial charge in [0.15, 0.2) is 11.6 Å². The number of carbonyl (C=O) groups is 4. The molecule has 0 amide bonds. The maximum absolute atomic E-state index is 15.1. The second-order valence-electron chi connectivity index (χ2n) is 21.6. The predicted molar refractivity (Wildman–Crippen MR) is 223 cm³/mol. The third kappa shape index (κ3) is 6.88. The summed E-state index contributed by atoms with van der Waals surface area (Å²) >= 11 is 0. The lowest BCUT2D eigenvalue weighted by Gasteiger charge is -2.76. The Kier molecular flexibility index (Phi) is 11.8. The van der Waals surface area contributed by atoms with Gasteiger partial charge in [-0.15, -0.1) is 0 Å². The summed E-state index contributed by atoms with van der Waals surface area (Å²) in [5.74, 6) is -0.562. The van der Waals surface area contributed by atoms with E-state index in [1.54, 1.807) is 13.8 Å². The first-order chi connectivity index (χ1) is 26.5. The van der Waals surface area contributed by atoms with Crippen LogP contribution in [-0.4, -0.2) is 64.4 Å². The highest BCUT2D eigenvalue weighted by Crippen LogP contribution is 2.81. The van der Waals surface area contributed by atoms with Gasteiger partial charge in [-0.2, -0.15) is 0 Å². The molecule has 8 atom stereocenters. The van der Waals surface area contributed by atoms with Gasteiger partial charge in [0, 0.05) is 25.0 Å². The summed E-state index contributed by atoms with van der Waals surface area (Å²) in [5, 5.41) is 19.2. The summed E-state index contributed by atoms with van der Waals surface area (Å²) < 4.78 is 6.21. The smallest absolute Gasteiger partial charge is 0.309 e. The molecule has 6 rings (SSSR count). The number of allylic oxidation sites excluding steroid dienone is 2. The van der Waals surface area contributed by atoms with E-state index in [2.05, 4.69) is 72.4 Å². The van der Waals surface area contributed by atoms with Crippen LogP contribution in [0.1, 0.15) is 152 Å². The van der Waals surface area contributed by atoms with Crippen LogP contribution in [0.5, 0.6) is 0 Å². The topological polar surface area (TPSA) is 121 Å². The Morgan fingerprint density at radius 2 is 1.53 bits per heavy atom. The highest BCUT2D eigenvalue weighted by molar-refractivity contribution is 6.07. The zero-order valence-corrected chi connectivity index (χ0v) is 36.9. The number of hydrogen-bond acceptors (Lipinski definition) is 7. The molecule has 2 N–H and O–H groups in total. The van der Waals surface area contributed by atoms with Crippen LogP contribution in [0.3, 0.4) is 0 Å². The molecular weight excluding hydrogens is 715 g/mol. The van der Waals surface area contributed by atoms with Gasteiger partial charge in [-0.3, -0.25) is 24.1 Å². The van der Waals surface area contributed by atoms with Crippen molar-refractivity contribution in [1.82, 2.24) is 4.90 Å². The number of Topliss-reactive ketones (excluding diaryl/α,β-unsaturated/α-hetero) is 2. The normalized spacial score (nSPS) is 36.0. The average molecular weight is 788 g/mol. The van der Waals surface area contributed by atoms with E-state index in [1.165, 1.54) is 5.57 Å². The van der Waals surface area contributed by atoms with Crippen LogP contribution in [-0.2, 0) is 30.5 Å². The number of benzene rings is 1. The molecule has 0 radical (unpaired) electrons. The van der Waals surface area contributed by atoms with E-state index in [0.717, 1.165) is 69.0 Å². The Balaban J connectivity index is 1.31.